The van der Waals surface area contributed by atoms with Crippen LogP contribution in [0.5, 0.6) is 0 Å². The van der Waals surface area contributed by atoms with Gasteiger partial charge in [0, 0.05) is 12.6 Å². The van der Waals surface area contributed by atoms with Crippen molar-refractivity contribution < 1.29 is 0 Å². The summed E-state index contributed by atoms with van der Waals surface area (Å²) < 4.78 is 0. The molecule has 1 unspecified atom stereocenters. The lowest BCUT2D eigenvalue weighted by atomic mass is 10.1. The van der Waals surface area contributed by atoms with Crippen LogP contribution >= 0.6 is 0 Å². The first kappa shape index (κ1) is 10.9. The highest BCUT2D eigenvalue weighted by molar-refractivity contribution is 4.70. The van der Waals surface area contributed by atoms with E-state index in [0.717, 1.165) is 6.54 Å². The van der Waals surface area contributed by atoms with Gasteiger partial charge >= 0.3 is 0 Å². The van der Waals surface area contributed by atoms with Gasteiger partial charge in [-0.2, -0.15) is 0 Å². The van der Waals surface area contributed by atoms with Gasteiger partial charge in [-0.15, -0.1) is 0 Å². The van der Waals surface area contributed by atoms with Crippen LogP contribution < -0.4 is 10.6 Å². The Balaban J connectivity index is 0.000000461. The quantitative estimate of drug-likeness (QED) is 0.602. The average Bonchev–Trinajstić information content (AvgIpc) is 2.35. The van der Waals surface area contributed by atoms with Crippen LogP contribution in [0.15, 0.2) is 0 Å². The molecule has 1 aliphatic heterocycles. The first-order valence-electron chi connectivity index (χ1n) is 4.81. The molecule has 1 fully saturated rings. The van der Waals surface area contributed by atoms with Gasteiger partial charge in [-0.25, -0.2) is 0 Å². The van der Waals surface area contributed by atoms with Gasteiger partial charge in [0.1, 0.15) is 0 Å². The normalized spacial score (nSPS) is 24.8. The van der Waals surface area contributed by atoms with Crippen LogP contribution in [0.3, 0.4) is 0 Å². The predicted molar refractivity (Wildman–Crippen MR) is 50.9 cm³/mol. The number of likely N-dealkylation sites (N-methyl/N-ethyl adjacent to an activating group) is 1. The van der Waals surface area contributed by atoms with E-state index in [1.54, 1.807) is 0 Å². The topological polar surface area (TPSA) is 24.1 Å². The minimum absolute atomic E-state index is 0.715. The molecule has 1 rings (SSSR count). The van der Waals surface area contributed by atoms with Crippen molar-refractivity contribution in [2.45, 2.75) is 39.2 Å². The monoisotopic (exact) mass is 158 g/mol. The van der Waals surface area contributed by atoms with E-state index in [4.69, 9.17) is 0 Å². The molecule has 0 amide bonds. The molecule has 0 aromatic heterocycles. The minimum atomic E-state index is 0.715. The van der Waals surface area contributed by atoms with Gasteiger partial charge < -0.3 is 10.6 Å². The SMILES string of the molecule is CC.CNC1CCCCNC1. The fraction of sp³-hybridized carbons (Fsp3) is 1.00. The molecule has 11 heavy (non-hydrogen) atoms. The molecule has 1 atom stereocenters. The molecule has 1 heterocycles. The molecule has 68 valence electrons. The molecule has 0 spiro atoms. The van der Waals surface area contributed by atoms with Gasteiger partial charge in [-0.3, -0.25) is 0 Å². The van der Waals surface area contributed by atoms with Gasteiger partial charge in [0.15, 0.2) is 0 Å². The maximum Gasteiger partial charge on any atom is 0.0189 e. The van der Waals surface area contributed by atoms with E-state index < -0.39 is 0 Å². The summed E-state index contributed by atoms with van der Waals surface area (Å²) in [5, 5.41) is 6.67. The van der Waals surface area contributed by atoms with Crippen LogP contribution in [-0.2, 0) is 0 Å². The third kappa shape index (κ3) is 5.22. The van der Waals surface area contributed by atoms with Crippen molar-refractivity contribution in [3.05, 3.63) is 0 Å². The Morgan fingerprint density at radius 2 is 2.00 bits per heavy atom. The van der Waals surface area contributed by atoms with Crippen molar-refractivity contribution in [3.63, 3.8) is 0 Å². The van der Waals surface area contributed by atoms with E-state index in [9.17, 15) is 0 Å². The Morgan fingerprint density at radius 3 is 2.64 bits per heavy atom. The van der Waals surface area contributed by atoms with E-state index in [0.29, 0.717) is 6.04 Å². The zero-order valence-electron chi connectivity index (χ0n) is 8.11. The van der Waals surface area contributed by atoms with Crippen LogP contribution in [0.1, 0.15) is 33.1 Å². The van der Waals surface area contributed by atoms with Gasteiger partial charge in [0.25, 0.3) is 0 Å². The molecule has 2 nitrogen and oxygen atoms in total. The van der Waals surface area contributed by atoms with E-state index in [1.807, 2.05) is 20.9 Å². The molecule has 2 N–H and O–H groups in total. The molecule has 0 saturated carbocycles. The first-order chi connectivity index (χ1) is 5.43. The number of hydrogen-bond donors (Lipinski definition) is 2. The van der Waals surface area contributed by atoms with E-state index >= 15 is 0 Å². The molecule has 1 aliphatic rings. The smallest absolute Gasteiger partial charge is 0.0189 e. The highest BCUT2D eigenvalue weighted by Gasteiger charge is 2.07. The van der Waals surface area contributed by atoms with Crippen LogP contribution in [0.2, 0.25) is 0 Å². The summed E-state index contributed by atoms with van der Waals surface area (Å²) in [6.45, 7) is 6.36. The molecular weight excluding hydrogens is 136 g/mol. The summed E-state index contributed by atoms with van der Waals surface area (Å²) >= 11 is 0. The Morgan fingerprint density at radius 1 is 1.27 bits per heavy atom. The van der Waals surface area contributed by atoms with Crippen molar-refractivity contribution >= 4 is 0 Å². The third-order valence-corrected chi connectivity index (χ3v) is 1.96. The molecule has 0 radical (unpaired) electrons. The van der Waals surface area contributed by atoms with Crippen LogP contribution in [0.25, 0.3) is 0 Å². The second kappa shape index (κ2) is 8.02. The molecule has 0 aromatic rings. The summed E-state index contributed by atoms with van der Waals surface area (Å²) in [5.41, 5.74) is 0. The summed E-state index contributed by atoms with van der Waals surface area (Å²) in [7, 11) is 2.04. The van der Waals surface area contributed by atoms with Crippen molar-refractivity contribution in [2.75, 3.05) is 20.1 Å². The lowest BCUT2D eigenvalue weighted by molar-refractivity contribution is 0.516. The van der Waals surface area contributed by atoms with Crippen LogP contribution in [0, 0.1) is 0 Å². The third-order valence-electron chi connectivity index (χ3n) is 1.96. The second-order valence-corrected chi connectivity index (χ2v) is 2.69. The molecule has 1 saturated heterocycles. The molecule has 0 aliphatic carbocycles. The Bertz CT molecular complexity index is 66.0. The van der Waals surface area contributed by atoms with E-state index in [2.05, 4.69) is 10.6 Å². The van der Waals surface area contributed by atoms with Crippen molar-refractivity contribution in [1.82, 2.24) is 10.6 Å². The number of hydrogen-bond acceptors (Lipinski definition) is 2. The van der Waals surface area contributed by atoms with Crippen LogP contribution in [0.4, 0.5) is 0 Å². The maximum absolute atomic E-state index is 3.39. The van der Waals surface area contributed by atoms with Crippen molar-refractivity contribution in [1.29, 1.82) is 0 Å². The number of rotatable bonds is 1. The lowest BCUT2D eigenvalue weighted by Crippen LogP contribution is -2.34. The molecule has 0 aromatic carbocycles. The Hall–Kier alpha value is -0.0800. The fourth-order valence-corrected chi connectivity index (χ4v) is 1.27. The van der Waals surface area contributed by atoms with Gasteiger partial charge in [0.05, 0.1) is 0 Å². The predicted octanol–water partition coefficient (Wildman–Crippen LogP) is 1.37. The first-order valence-corrected chi connectivity index (χ1v) is 4.81. The maximum atomic E-state index is 3.39. The summed E-state index contributed by atoms with van der Waals surface area (Å²) in [6, 6.07) is 0.715. The van der Waals surface area contributed by atoms with Crippen LogP contribution in [-0.4, -0.2) is 26.2 Å². The Kier molecular flexibility index (Phi) is 7.96. The highest BCUT2D eigenvalue weighted by Crippen LogP contribution is 2.02. The minimum Gasteiger partial charge on any atom is -0.316 e. The van der Waals surface area contributed by atoms with E-state index in [1.165, 1.54) is 25.8 Å². The van der Waals surface area contributed by atoms with Gasteiger partial charge in [0.2, 0.25) is 0 Å². The van der Waals surface area contributed by atoms with Gasteiger partial charge in [-0.1, -0.05) is 20.3 Å². The molecule has 2 heteroatoms. The molecule has 0 bridgehead atoms. The van der Waals surface area contributed by atoms with E-state index in [-0.39, 0.29) is 0 Å². The number of nitrogens with one attached hydrogen (secondary N) is 2. The zero-order valence-corrected chi connectivity index (χ0v) is 8.11. The second-order valence-electron chi connectivity index (χ2n) is 2.69. The fourth-order valence-electron chi connectivity index (χ4n) is 1.27. The van der Waals surface area contributed by atoms with Crippen molar-refractivity contribution in [3.8, 4) is 0 Å². The standard InChI is InChI=1S/C7H16N2.C2H6/c1-8-7-4-2-3-5-9-6-7;1-2/h7-9H,2-6H2,1H3;1-2H3. The Labute approximate surface area is 70.8 Å². The lowest BCUT2D eigenvalue weighted by Gasteiger charge is -2.11. The van der Waals surface area contributed by atoms with Crippen molar-refractivity contribution in [2.24, 2.45) is 0 Å². The van der Waals surface area contributed by atoms with Gasteiger partial charge in [-0.05, 0) is 26.4 Å². The largest absolute Gasteiger partial charge is 0.316 e. The molecular formula is C9H22N2. The summed E-state index contributed by atoms with van der Waals surface area (Å²) in [5.74, 6) is 0. The highest BCUT2D eigenvalue weighted by atomic mass is 15.0. The zero-order chi connectivity index (χ0) is 8.53. The summed E-state index contributed by atoms with van der Waals surface area (Å²) in [4.78, 5) is 0. The average molecular weight is 158 g/mol. The summed E-state index contributed by atoms with van der Waals surface area (Å²) in [6.07, 6.45) is 4.06.